The summed E-state index contributed by atoms with van der Waals surface area (Å²) in [5, 5.41) is 40.8. The van der Waals surface area contributed by atoms with Crippen LogP contribution in [-0.4, -0.2) is 63.8 Å². The fourth-order valence-corrected chi connectivity index (χ4v) is 4.05. The van der Waals surface area contributed by atoms with Crippen molar-refractivity contribution in [2.45, 2.75) is 140 Å². The second-order valence-electron chi connectivity index (χ2n) is 8.74. The van der Waals surface area contributed by atoms with E-state index in [0.717, 1.165) is 38.5 Å². The molecule has 1 heterocycles. The minimum Gasteiger partial charge on any atom is -0.394 e. The quantitative estimate of drug-likeness (QED) is 0.243. The van der Waals surface area contributed by atoms with Crippen LogP contribution in [0.4, 0.5) is 0 Å². The molecule has 1 saturated heterocycles. The first-order valence-electron chi connectivity index (χ1n) is 12.9. The van der Waals surface area contributed by atoms with E-state index in [1.54, 1.807) is 0 Å². The maximum Gasteiger partial charge on any atom is 0.197 e. The minimum atomic E-state index is -1.58. The van der Waals surface area contributed by atoms with Crippen molar-refractivity contribution in [3.05, 3.63) is 0 Å². The third-order valence-electron chi connectivity index (χ3n) is 6.07. The zero-order valence-electron chi connectivity index (χ0n) is 20.3. The third-order valence-corrected chi connectivity index (χ3v) is 6.07. The maximum atomic E-state index is 10.7. The van der Waals surface area contributed by atoms with Crippen molar-refractivity contribution >= 4 is 0 Å². The summed E-state index contributed by atoms with van der Waals surface area (Å²) in [6, 6.07) is 0. The van der Waals surface area contributed by atoms with Gasteiger partial charge in [-0.2, -0.15) is 0 Å². The molecule has 0 radical (unpaired) electrons. The average Bonchev–Trinajstić information content (AvgIpc) is 2.76. The molecule has 1 fully saturated rings. The Bertz CT molecular complexity index is 438. The molecule has 6 atom stereocenters. The van der Waals surface area contributed by atoms with E-state index in [-0.39, 0.29) is 6.42 Å². The Balaban J connectivity index is 2.64. The monoisotopic (exact) mass is 433 g/mol. The SMILES string of the molecule is [2H]C(CCCCCCC)CC1(OCCCCCCCCC)O[C@H](CO)[C@H](O)[C@H](O)[C@H]1O. The zero-order chi connectivity index (χ0) is 23.1. The van der Waals surface area contributed by atoms with Crippen LogP contribution in [0.25, 0.3) is 0 Å². The Hall–Kier alpha value is -0.240. The lowest BCUT2D eigenvalue weighted by atomic mass is 9.89. The molecule has 1 aliphatic rings. The second-order valence-corrected chi connectivity index (χ2v) is 8.74. The number of hydrogen-bond acceptors (Lipinski definition) is 6. The summed E-state index contributed by atoms with van der Waals surface area (Å²) in [4.78, 5) is 0. The summed E-state index contributed by atoms with van der Waals surface area (Å²) in [6.07, 6.45) is 8.17. The lowest BCUT2D eigenvalue weighted by Gasteiger charge is -2.48. The van der Waals surface area contributed by atoms with Crippen LogP contribution in [0.2, 0.25) is 0 Å². The smallest absolute Gasteiger partial charge is 0.197 e. The van der Waals surface area contributed by atoms with Gasteiger partial charge in [0.15, 0.2) is 5.79 Å². The molecule has 4 N–H and O–H groups in total. The Morgan fingerprint density at radius 1 is 0.800 bits per heavy atom. The number of ether oxygens (including phenoxy) is 2. The van der Waals surface area contributed by atoms with Gasteiger partial charge < -0.3 is 29.9 Å². The van der Waals surface area contributed by atoms with Crippen molar-refractivity contribution in [3.8, 4) is 0 Å². The largest absolute Gasteiger partial charge is 0.394 e. The Morgan fingerprint density at radius 3 is 1.90 bits per heavy atom. The van der Waals surface area contributed by atoms with E-state index in [4.69, 9.17) is 10.8 Å². The fourth-order valence-electron chi connectivity index (χ4n) is 4.05. The first-order valence-corrected chi connectivity index (χ1v) is 12.3. The van der Waals surface area contributed by atoms with Crippen LogP contribution in [-0.2, 0) is 9.47 Å². The second kappa shape index (κ2) is 16.4. The zero-order valence-corrected chi connectivity index (χ0v) is 19.3. The van der Waals surface area contributed by atoms with Crippen molar-refractivity contribution in [2.24, 2.45) is 0 Å². The van der Waals surface area contributed by atoms with Crippen LogP contribution in [0.15, 0.2) is 0 Å². The van der Waals surface area contributed by atoms with Crippen molar-refractivity contribution in [1.82, 2.24) is 0 Å². The Labute approximate surface area is 185 Å². The summed E-state index contributed by atoms with van der Waals surface area (Å²) in [6.45, 7) is 4.21. The van der Waals surface area contributed by atoms with Crippen LogP contribution in [0.1, 0.15) is 112 Å². The highest BCUT2D eigenvalue weighted by atomic mass is 16.7. The molecule has 0 aromatic rings. The van der Waals surface area contributed by atoms with Crippen LogP contribution in [0, 0.1) is 0 Å². The van der Waals surface area contributed by atoms with Gasteiger partial charge in [0, 0.05) is 7.79 Å². The lowest BCUT2D eigenvalue weighted by Crippen LogP contribution is -2.66. The van der Waals surface area contributed by atoms with E-state index in [1.165, 1.54) is 38.5 Å². The predicted octanol–water partition coefficient (Wildman–Crippen LogP) is 4.06. The molecule has 0 bridgehead atoms. The highest BCUT2D eigenvalue weighted by Crippen LogP contribution is 2.36. The Morgan fingerprint density at radius 2 is 1.33 bits per heavy atom. The molecule has 0 amide bonds. The van der Waals surface area contributed by atoms with Gasteiger partial charge in [0.05, 0.1) is 13.2 Å². The van der Waals surface area contributed by atoms with Gasteiger partial charge >= 0.3 is 0 Å². The molecule has 0 aromatic heterocycles. The van der Waals surface area contributed by atoms with Gasteiger partial charge in [-0.15, -0.1) is 0 Å². The molecule has 0 spiro atoms. The van der Waals surface area contributed by atoms with Gasteiger partial charge in [0.2, 0.25) is 0 Å². The summed E-state index contributed by atoms with van der Waals surface area (Å²) < 4.78 is 20.3. The highest BCUT2D eigenvalue weighted by molar-refractivity contribution is 4.97. The molecule has 1 aliphatic heterocycles. The lowest BCUT2D eigenvalue weighted by molar-refractivity contribution is -0.366. The first-order chi connectivity index (χ1) is 14.9. The van der Waals surface area contributed by atoms with E-state index in [1.807, 2.05) is 0 Å². The Kier molecular flexibility index (Phi) is 14.2. The van der Waals surface area contributed by atoms with Gasteiger partial charge in [-0.1, -0.05) is 90.9 Å². The highest BCUT2D eigenvalue weighted by Gasteiger charge is 2.53. The standard InChI is InChI=1S/C24H48O6/c1-3-5-7-9-11-13-15-17-24(29-18-16-14-12-10-8-6-4-2)23(28)22(27)21(26)20(19-25)30-24/h20-23,25-28H,3-19H2,1-2H3/t20-,21+,22+,23-,24?/m1/s1/i15D/t15?,20-,21+,22+,23-,24?. The predicted molar refractivity (Wildman–Crippen MR) is 119 cm³/mol. The van der Waals surface area contributed by atoms with Gasteiger partial charge in [-0.05, 0) is 12.8 Å². The average molecular weight is 434 g/mol. The molecular formula is C24H48O6. The number of hydrogen-bond donors (Lipinski definition) is 4. The number of rotatable bonds is 18. The molecule has 0 aromatic carbocycles. The summed E-state index contributed by atoms with van der Waals surface area (Å²) in [7, 11) is 0. The molecule has 1 rings (SSSR count). The summed E-state index contributed by atoms with van der Waals surface area (Å²) in [5.74, 6) is -1.58. The van der Waals surface area contributed by atoms with E-state index in [9.17, 15) is 20.4 Å². The number of aliphatic hydroxyl groups is 4. The van der Waals surface area contributed by atoms with Crippen molar-refractivity contribution < 1.29 is 31.3 Å². The number of unbranched alkanes of at least 4 members (excludes halogenated alkanes) is 10. The van der Waals surface area contributed by atoms with Gasteiger partial charge in [0.25, 0.3) is 0 Å². The van der Waals surface area contributed by atoms with Crippen LogP contribution in [0.3, 0.4) is 0 Å². The van der Waals surface area contributed by atoms with Crippen LogP contribution >= 0.6 is 0 Å². The van der Waals surface area contributed by atoms with Crippen molar-refractivity contribution in [1.29, 1.82) is 0 Å². The maximum absolute atomic E-state index is 10.7. The first kappa shape index (κ1) is 26.0. The number of aliphatic hydroxyl groups excluding tert-OH is 4. The van der Waals surface area contributed by atoms with Gasteiger partial charge in [-0.25, -0.2) is 0 Å². The normalized spacial score (nSPS) is 30.9. The molecular weight excluding hydrogens is 384 g/mol. The molecule has 30 heavy (non-hydrogen) atoms. The van der Waals surface area contributed by atoms with Gasteiger partial charge in [-0.3, -0.25) is 0 Å². The summed E-state index contributed by atoms with van der Waals surface area (Å²) in [5.41, 5.74) is 0. The van der Waals surface area contributed by atoms with Gasteiger partial charge in [0.1, 0.15) is 24.4 Å². The molecule has 0 aliphatic carbocycles. The molecule has 180 valence electrons. The third kappa shape index (κ3) is 9.49. The topological polar surface area (TPSA) is 99.4 Å². The molecule has 0 saturated carbocycles. The van der Waals surface area contributed by atoms with Crippen molar-refractivity contribution in [2.75, 3.05) is 13.2 Å². The molecule has 6 heteroatoms. The van der Waals surface area contributed by atoms with Crippen LogP contribution in [0.5, 0.6) is 0 Å². The van der Waals surface area contributed by atoms with E-state index < -0.39 is 43.2 Å². The minimum absolute atomic E-state index is 0.0960. The van der Waals surface area contributed by atoms with Crippen LogP contribution < -0.4 is 0 Å². The van der Waals surface area contributed by atoms with E-state index in [2.05, 4.69) is 13.8 Å². The van der Waals surface area contributed by atoms with E-state index in [0.29, 0.717) is 13.0 Å². The van der Waals surface area contributed by atoms with Crippen molar-refractivity contribution in [3.63, 3.8) is 0 Å². The summed E-state index contributed by atoms with van der Waals surface area (Å²) >= 11 is 0. The molecule has 2 unspecified atom stereocenters. The van der Waals surface area contributed by atoms with E-state index >= 15 is 0 Å². The fraction of sp³-hybridized carbons (Fsp3) is 1.00. The molecule has 6 nitrogen and oxygen atoms in total.